The smallest absolute Gasteiger partial charge is 0.336 e. The Balaban J connectivity index is 3.43. The second-order valence-electron chi connectivity index (χ2n) is 1.69. The number of rotatable bonds is 4. The van der Waals surface area contributed by atoms with Crippen molar-refractivity contribution in [1.29, 1.82) is 0 Å². The summed E-state index contributed by atoms with van der Waals surface area (Å²) < 4.78 is 6.29. The number of nitrogens with two attached hydrogens (primary N) is 2. The molecule has 0 aliphatic heterocycles. The summed E-state index contributed by atoms with van der Waals surface area (Å²) in [5.74, 6) is -1.23. The highest BCUT2D eigenvalue weighted by Gasteiger charge is 2.11. The van der Waals surface area contributed by atoms with Gasteiger partial charge >= 0.3 is 12.0 Å². The monoisotopic (exact) mass is 164 g/mol. The molecule has 0 unspecified atom stereocenters. The van der Waals surface area contributed by atoms with Crippen LogP contribution in [0.5, 0.6) is 0 Å². The van der Waals surface area contributed by atoms with E-state index in [4.69, 9.17) is 12.3 Å². The Morgan fingerprint density at radius 3 is 2.91 bits per heavy atom. The molecule has 0 aromatic heterocycles. The number of carboxylic acids is 1. The van der Waals surface area contributed by atoms with Crippen LogP contribution in [0.4, 0.5) is 4.79 Å². The molecule has 0 spiro atoms. The zero-order valence-corrected chi connectivity index (χ0v) is 5.53. The predicted molar refractivity (Wildman–Crippen MR) is 34.3 cm³/mol. The Morgan fingerprint density at radius 2 is 2.45 bits per heavy atom. The maximum atomic E-state index is 10.2. The summed E-state index contributed by atoms with van der Waals surface area (Å²) >= 11 is 0. The SMILES string of the molecule is [2H]NC(=O)NOC[C@H](N)C(=O)O. The van der Waals surface area contributed by atoms with Crippen molar-refractivity contribution in [2.75, 3.05) is 6.61 Å². The third kappa shape index (κ3) is 5.12. The molecule has 64 valence electrons. The number of hydrogen-bond acceptors (Lipinski definition) is 4. The van der Waals surface area contributed by atoms with Gasteiger partial charge in [0.05, 0.1) is 0 Å². The van der Waals surface area contributed by atoms with Crippen molar-refractivity contribution in [3.8, 4) is 0 Å². The van der Waals surface area contributed by atoms with Crippen molar-refractivity contribution in [3.63, 3.8) is 0 Å². The van der Waals surface area contributed by atoms with E-state index in [2.05, 4.69) is 4.84 Å². The van der Waals surface area contributed by atoms with Crippen LogP contribution in [0.15, 0.2) is 0 Å². The van der Waals surface area contributed by atoms with Gasteiger partial charge in [0.25, 0.3) is 0 Å². The molecule has 7 nitrogen and oxygen atoms in total. The lowest BCUT2D eigenvalue weighted by Crippen LogP contribution is -2.39. The van der Waals surface area contributed by atoms with Gasteiger partial charge in [-0.05, 0) is 0 Å². The van der Waals surface area contributed by atoms with Gasteiger partial charge in [0.1, 0.15) is 12.6 Å². The molecule has 0 bridgehead atoms. The number of urea groups is 1. The van der Waals surface area contributed by atoms with E-state index in [0.717, 1.165) is 0 Å². The van der Waals surface area contributed by atoms with Gasteiger partial charge in [-0.3, -0.25) is 9.63 Å². The van der Waals surface area contributed by atoms with Crippen LogP contribution in [0, 0.1) is 0 Å². The summed E-state index contributed by atoms with van der Waals surface area (Å²) in [5, 5.41) is 8.23. The van der Waals surface area contributed by atoms with Gasteiger partial charge < -0.3 is 16.6 Å². The van der Waals surface area contributed by atoms with E-state index in [9.17, 15) is 9.59 Å². The first-order chi connectivity index (χ1) is 5.57. The van der Waals surface area contributed by atoms with Gasteiger partial charge in [0.15, 0.2) is 1.41 Å². The van der Waals surface area contributed by atoms with E-state index in [-0.39, 0.29) is 6.61 Å². The number of carboxylic acid groups (broad SMARTS) is 1. The van der Waals surface area contributed by atoms with Crippen LogP contribution in [-0.4, -0.2) is 29.8 Å². The maximum absolute atomic E-state index is 10.2. The largest absolute Gasteiger partial charge is 0.480 e. The van der Waals surface area contributed by atoms with Crippen LogP contribution in [0.1, 0.15) is 0 Å². The molecule has 0 aliphatic rings. The van der Waals surface area contributed by atoms with E-state index in [1.54, 1.807) is 5.48 Å². The van der Waals surface area contributed by atoms with E-state index >= 15 is 0 Å². The van der Waals surface area contributed by atoms with Crippen LogP contribution in [0.3, 0.4) is 0 Å². The lowest BCUT2D eigenvalue weighted by molar-refractivity contribution is -0.140. The van der Waals surface area contributed by atoms with Gasteiger partial charge in [0.2, 0.25) is 0 Å². The minimum Gasteiger partial charge on any atom is -0.480 e. The minimum atomic E-state index is -1.23. The Kier molecular flexibility index (Phi) is 3.16. The number of hydrogen-bond donors (Lipinski definition) is 4. The van der Waals surface area contributed by atoms with Crippen molar-refractivity contribution in [2.45, 2.75) is 6.04 Å². The normalized spacial score (nSPS) is 13.0. The van der Waals surface area contributed by atoms with Crippen LogP contribution < -0.4 is 16.9 Å². The lowest BCUT2D eigenvalue weighted by atomic mass is 10.3. The first-order valence-electron chi connectivity index (χ1n) is 3.15. The number of carbonyl (C=O) groups is 2. The van der Waals surface area contributed by atoms with E-state index in [1.807, 2.05) is 0 Å². The highest BCUT2D eigenvalue weighted by molar-refractivity contribution is 5.73. The quantitative estimate of drug-likeness (QED) is 0.357. The number of nitrogens with one attached hydrogen (secondary N) is 1. The van der Waals surface area contributed by atoms with E-state index < -0.39 is 18.0 Å². The van der Waals surface area contributed by atoms with Gasteiger partial charge in [-0.2, -0.15) is 0 Å². The first-order valence-corrected chi connectivity index (χ1v) is 2.65. The van der Waals surface area contributed by atoms with Crippen molar-refractivity contribution >= 4 is 12.0 Å². The highest BCUT2D eigenvalue weighted by Crippen LogP contribution is 1.78. The predicted octanol–water partition coefficient (Wildman–Crippen LogP) is -2.00. The van der Waals surface area contributed by atoms with Gasteiger partial charge in [-0.15, -0.1) is 0 Å². The summed E-state index contributed by atoms with van der Waals surface area (Å²) in [5.41, 5.74) is 8.19. The fourth-order valence-corrected chi connectivity index (χ4v) is 0.268. The number of primary amides is 1. The van der Waals surface area contributed by atoms with Crippen LogP contribution >= 0.6 is 0 Å². The molecule has 0 saturated heterocycles. The molecule has 0 rings (SSSR count). The Bertz CT molecular complexity index is 176. The van der Waals surface area contributed by atoms with Crippen LogP contribution in [0.2, 0.25) is 1.41 Å². The molecule has 0 aliphatic carbocycles. The average molecular weight is 164 g/mol. The zero-order valence-electron chi connectivity index (χ0n) is 6.53. The third-order valence-electron chi connectivity index (χ3n) is 0.745. The van der Waals surface area contributed by atoms with Crippen molar-refractivity contribution < 1.29 is 20.9 Å². The lowest BCUT2D eigenvalue weighted by Gasteiger charge is -2.05. The second kappa shape index (κ2) is 4.47. The molecule has 0 fully saturated rings. The van der Waals surface area contributed by atoms with Gasteiger partial charge in [0, 0.05) is 0 Å². The summed E-state index contributed by atoms with van der Waals surface area (Å²) in [4.78, 5) is 24.6. The molecule has 11 heavy (non-hydrogen) atoms. The molecule has 2 amide bonds. The molecule has 0 aromatic carbocycles. The molecule has 7 heteroatoms. The molecular weight excluding hydrogens is 154 g/mol. The fourth-order valence-electron chi connectivity index (χ4n) is 0.268. The van der Waals surface area contributed by atoms with Crippen molar-refractivity contribution in [3.05, 3.63) is 0 Å². The number of aliphatic carboxylic acids is 1. The van der Waals surface area contributed by atoms with Crippen molar-refractivity contribution in [2.24, 2.45) is 11.5 Å². The third-order valence-corrected chi connectivity index (χ3v) is 0.745. The van der Waals surface area contributed by atoms with Gasteiger partial charge in [-0.1, -0.05) is 0 Å². The standard InChI is InChI=1S/C4H9N3O4/c5-2(3(8)9)1-11-7-4(6)10/h2H,1,5H2,(H,8,9)(H3,6,7,10)/t2-/m0/s1/i/hD. The van der Waals surface area contributed by atoms with E-state index in [0.29, 0.717) is 0 Å². The van der Waals surface area contributed by atoms with E-state index in [1.165, 1.54) is 5.73 Å². The van der Waals surface area contributed by atoms with Crippen LogP contribution in [-0.2, 0) is 9.63 Å². The van der Waals surface area contributed by atoms with Crippen molar-refractivity contribution in [1.82, 2.24) is 5.48 Å². The molecule has 1 atom stereocenters. The molecule has 0 aromatic rings. The fraction of sp³-hybridized carbons (Fsp3) is 0.500. The Morgan fingerprint density at radius 1 is 1.82 bits per heavy atom. The number of amides is 2. The summed E-state index contributed by atoms with van der Waals surface area (Å²) in [6.45, 7) is -0.358. The second-order valence-corrected chi connectivity index (χ2v) is 1.69. The molecule has 6 N–H and O–H groups in total. The average Bonchev–Trinajstić information content (AvgIpc) is 2.03. The minimum absolute atomic E-state index is 0.358. The highest BCUT2D eigenvalue weighted by atomic mass is 16.7. The topological polar surface area (TPSA) is 128 Å². The Hall–Kier alpha value is -1.34. The molecule has 0 radical (unpaired) electrons. The summed E-state index contributed by atoms with van der Waals surface area (Å²) in [6, 6.07) is -2.09. The van der Waals surface area contributed by atoms with Gasteiger partial charge in [-0.25, -0.2) is 10.3 Å². The van der Waals surface area contributed by atoms with Crippen LogP contribution in [0.25, 0.3) is 0 Å². The molecule has 0 heterocycles. The number of carbonyl (C=O) groups excluding carboxylic acids is 1. The number of hydroxylamine groups is 1. The Labute approximate surface area is 63.7 Å². The zero-order chi connectivity index (χ0) is 9.56. The molecular formula is C4H9N3O4. The molecule has 0 saturated carbocycles. The summed E-state index contributed by atoms with van der Waals surface area (Å²) in [7, 11) is 0. The maximum Gasteiger partial charge on any atom is 0.336 e. The summed E-state index contributed by atoms with van der Waals surface area (Å²) in [6.07, 6.45) is 0. The first kappa shape index (κ1) is 7.76.